The van der Waals surface area contributed by atoms with E-state index in [0.29, 0.717) is 11.7 Å². The van der Waals surface area contributed by atoms with Crippen LogP contribution < -0.4 is 5.32 Å². The molecule has 0 spiro atoms. The number of imidazole rings is 1. The third-order valence-corrected chi connectivity index (χ3v) is 4.12. The lowest BCUT2D eigenvalue weighted by molar-refractivity contribution is -0.118. The molecule has 2 N–H and O–H groups in total. The van der Waals surface area contributed by atoms with Gasteiger partial charge in [-0.15, -0.1) is 11.8 Å². The molecule has 0 bridgehead atoms. The molecule has 0 aliphatic carbocycles. The highest BCUT2D eigenvalue weighted by atomic mass is 32.2. The van der Waals surface area contributed by atoms with E-state index in [1.54, 1.807) is 11.8 Å². The number of amides is 1. The maximum Gasteiger partial charge on any atom is 0.230 e. The molecule has 1 amide bonds. The van der Waals surface area contributed by atoms with Gasteiger partial charge in [-0.25, -0.2) is 4.98 Å². The summed E-state index contributed by atoms with van der Waals surface area (Å²) in [5.74, 6) is 1.96. The maximum atomic E-state index is 11.7. The first-order valence-corrected chi connectivity index (χ1v) is 7.94. The third kappa shape index (κ3) is 4.00. The van der Waals surface area contributed by atoms with Gasteiger partial charge in [0, 0.05) is 6.54 Å². The highest BCUT2D eigenvalue weighted by Gasteiger charge is 2.13. The Hall–Kier alpha value is -1.49. The number of thioether (sulfide) groups is 1. The molecule has 0 saturated carbocycles. The van der Waals surface area contributed by atoms with Gasteiger partial charge in [-0.05, 0) is 25.0 Å². The number of nitrogens with zero attached hydrogens (tertiary/aromatic N) is 1. The van der Waals surface area contributed by atoms with Gasteiger partial charge < -0.3 is 10.3 Å². The van der Waals surface area contributed by atoms with Crippen molar-refractivity contribution in [2.24, 2.45) is 5.92 Å². The standard InChI is InChI=1S/C15H21N3OS/c1-10(2)8-16-14(19)9-20-11(3)15-17-12-6-4-5-7-13(12)18-15/h4-7,10-11H,8-9H2,1-3H3,(H,16,19)(H,17,18). The molecule has 1 aromatic carbocycles. The molecule has 1 atom stereocenters. The molecule has 0 fully saturated rings. The predicted octanol–water partition coefficient (Wildman–Crippen LogP) is 3.13. The zero-order chi connectivity index (χ0) is 14.5. The van der Waals surface area contributed by atoms with Crippen LogP contribution in [0.15, 0.2) is 24.3 Å². The normalized spacial score (nSPS) is 12.8. The molecule has 1 unspecified atom stereocenters. The molecule has 0 aliphatic heterocycles. The smallest absolute Gasteiger partial charge is 0.230 e. The molecule has 1 aromatic heterocycles. The van der Waals surface area contributed by atoms with Crippen molar-refractivity contribution in [2.45, 2.75) is 26.0 Å². The molecule has 20 heavy (non-hydrogen) atoms. The van der Waals surface area contributed by atoms with Crippen molar-refractivity contribution in [3.05, 3.63) is 30.1 Å². The number of nitrogens with one attached hydrogen (secondary N) is 2. The van der Waals surface area contributed by atoms with Gasteiger partial charge in [0.1, 0.15) is 5.82 Å². The van der Waals surface area contributed by atoms with Gasteiger partial charge >= 0.3 is 0 Å². The number of fused-ring (bicyclic) bond motifs is 1. The number of carbonyl (C=O) groups excluding carboxylic acids is 1. The Morgan fingerprint density at radius 2 is 2.10 bits per heavy atom. The molecule has 0 aliphatic rings. The number of aromatic amines is 1. The lowest BCUT2D eigenvalue weighted by Gasteiger charge is -2.10. The Kier molecular flexibility index (Phi) is 5.06. The average molecular weight is 291 g/mol. The van der Waals surface area contributed by atoms with Crippen molar-refractivity contribution < 1.29 is 4.79 Å². The van der Waals surface area contributed by atoms with Gasteiger partial charge in [-0.1, -0.05) is 26.0 Å². The van der Waals surface area contributed by atoms with Gasteiger partial charge in [0.05, 0.1) is 22.0 Å². The highest BCUT2D eigenvalue weighted by molar-refractivity contribution is 8.00. The summed E-state index contributed by atoms with van der Waals surface area (Å²) in [5, 5.41) is 3.10. The van der Waals surface area contributed by atoms with Crippen LogP contribution >= 0.6 is 11.8 Å². The summed E-state index contributed by atoms with van der Waals surface area (Å²) in [4.78, 5) is 19.6. The van der Waals surface area contributed by atoms with Crippen molar-refractivity contribution in [3.8, 4) is 0 Å². The minimum atomic E-state index is 0.0895. The van der Waals surface area contributed by atoms with Crippen LogP contribution in [0.1, 0.15) is 31.8 Å². The lowest BCUT2D eigenvalue weighted by Crippen LogP contribution is -2.29. The molecule has 2 aromatic rings. The van der Waals surface area contributed by atoms with E-state index in [1.807, 2.05) is 24.3 Å². The van der Waals surface area contributed by atoms with Crippen molar-refractivity contribution in [2.75, 3.05) is 12.3 Å². The number of hydrogen-bond acceptors (Lipinski definition) is 3. The largest absolute Gasteiger partial charge is 0.355 e. The topological polar surface area (TPSA) is 57.8 Å². The van der Waals surface area contributed by atoms with Gasteiger partial charge in [-0.3, -0.25) is 4.79 Å². The molecule has 0 radical (unpaired) electrons. The average Bonchev–Trinajstić information content (AvgIpc) is 2.86. The van der Waals surface area contributed by atoms with E-state index in [1.165, 1.54) is 0 Å². The maximum absolute atomic E-state index is 11.7. The fourth-order valence-electron chi connectivity index (χ4n) is 1.81. The van der Waals surface area contributed by atoms with Crippen LogP contribution in [0.2, 0.25) is 0 Å². The van der Waals surface area contributed by atoms with Crippen molar-refractivity contribution in [1.82, 2.24) is 15.3 Å². The molecular formula is C15H21N3OS. The van der Waals surface area contributed by atoms with E-state index in [9.17, 15) is 4.79 Å². The van der Waals surface area contributed by atoms with Crippen molar-refractivity contribution in [3.63, 3.8) is 0 Å². The second-order valence-corrected chi connectivity index (χ2v) is 6.62. The fourth-order valence-corrected chi connectivity index (χ4v) is 2.59. The summed E-state index contributed by atoms with van der Waals surface area (Å²) in [6.07, 6.45) is 0. The second-order valence-electron chi connectivity index (χ2n) is 5.29. The highest BCUT2D eigenvalue weighted by Crippen LogP contribution is 2.27. The minimum Gasteiger partial charge on any atom is -0.355 e. The summed E-state index contributed by atoms with van der Waals surface area (Å²) in [7, 11) is 0. The second kappa shape index (κ2) is 6.79. The zero-order valence-electron chi connectivity index (χ0n) is 12.1. The van der Waals surface area contributed by atoms with Gasteiger partial charge in [-0.2, -0.15) is 0 Å². The minimum absolute atomic E-state index is 0.0895. The summed E-state index contributed by atoms with van der Waals surface area (Å²) in [6.45, 7) is 6.98. The molecule has 4 nitrogen and oxygen atoms in total. The molecule has 108 valence electrons. The summed E-state index contributed by atoms with van der Waals surface area (Å²) < 4.78 is 0. The third-order valence-electron chi connectivity index (χ3n) is 2.96. The first-order chi connectivity index (χ1) is 9.56. The van der Waals surface area contributed by atoms with E-state index in [4.69, 9.17) is 0 Å². The Labute approximate surface area is 123 Å². The summed E-state index contributed by atoms with van der Waals surface area (Å²) in [5.41, 5.74) is 2.01. The van der Waals surface area contributed by atoms with Crippen LogP contribution in [0.25, 0.3) is 11.0 Å². The Morgan fingerprint density at radius 3 is 2.80 bits per heavy atom. The van der Waals surface area contributed by atoms with E-state index < -0.39 is 0 Å². The van der Waals surface area contributed by atoms with Crippen LogP contribution in [0.4, 0.5) is 0 Å². The number of carbonyl (C=O) groups is 1. The molecule has 2 rings (SSSR count). The van der Waals surface area contributed by atoms with Gasteiger partial charge in [0.25, 0.3) is 0 Å². The van der Waals surface area contributed by atoms with E-state index in [2.05, 4.69) is 36.1 Å². The number of benzene rings is 1. The molecule has 5 heteroatoms. The SMILES string of the molecule is CC(C)CNC(=O)CSC(C)c1nc2ccccc2[nH]1. The van der Waals surface area contributed by atoms with E-state index in [0.717, 1.165) is 23.4 Å². The quantitative estimate of drug-likeness (QED) is 0.859. The van der Waals surface area contributed by atoms with E-state index in [-0.39, 0.29) is 11.2 Å². The lowest BCUT2D eigenvalue weighted by atomic mass is 10.2. The molecule has 1 heterocycles. The first kappa shape index (κ1) is 14.9. The molecular weight excluding hydrogens is 270 g/mol. The van der Waals surface area contributed by atoms with Crippen LogP contribution in [-0.2, 0) is 4.79 Å². The fraction of sp³-hybridized carbons (Fsp3) is 0.467. The summed E-state index contributed by atoms with van der Waals surface area (Å²) in [6, 6.07) is 7.96. The Bertz CT molecular complexity index is 546. The Balaban J connectivity index is 1.88. The summed E-state index contributed by atoms with van der Waals surface area (Å²) >= 11 is 1.60. The van der Waals surface area contributed by atoms with Crippen LogP contribution in [0, 0.1) is 5.92 Å². The predicted molar refractivity (Wildman–Crippen MR) is 84.8 cm³/mol. The number of para-hydroxylation sites is 2. The van der Waals surface area contributed by atoms with Gasteiger partial charge in [0.15, 0.2) is 0 Å². The molecule has 0 saturated heterocycles. The number of hydrogen-bond donors (Lipinski definition) is 2. The Morgan fingerprint density at radius 1 is 1.35 bits per heavy atom. The van der Waals surface area contributed by atoms with Crippen molar-refractivity contribution in [1.29, 1.82) is 0 Å². The van der Waals surface area contributed by atoms with Crippen molar-refractivity contribution >= 4 is 28.7 Å². The van der Waals surface area contributed by atoms with Crippen LogP contribution in [-0.4, -0.2) is 28.2 Å². The first-order valence-electron chi connectivity index (χ1n) is 6.89. The number of aromatic nitrogens is 2. The number of rotatable bonds is 6. The van der Waals surface area contributed by atoms with E-state index >= 15 is 0 Å². The number of H-pyrrole nitrogens is 1. The van der Waals surface area contributed by atoms with Crippen LogP contribution in [0.5, 0.6) is 0 Å². The van der Waals surface area contributed by atoms with Crippen LogP contribution in [0.3, 0.4) is 0 Å². The zero-order valence-corrected chi connectivity index (χ0v) is 13.0. The monoisotopic (exact) mass is 291 g/mol. The van der Waals surface area contributed by atoms with Gasteiger partial charge in [0.2, 0.25) is 5.91 Å².